The summed E-state index contributed by atoms with van der Waals surface area (Å²) in [7, 11) is 0. The first-order chi connectivity index (χ1) is 15.3. The quantitative estimate of drug-likeness (QED) is 0.517. The van der Waals surface area contributed by atoms with Crippen molar-refractivity contribution in [3.8, 4) is 5.69 Å². The van der Waals surface area contributed by atoms with Gasteiger partial charge in [-0.05, 0) is 61.7 Å². The summed E-state index contributed by atoms with van der Waals surface area (Å²) >= 11 is 3.42. The molecule has 0 aliphatic carbocycles. The molecule has 7 nitrogen and oxygen atoms in total. The van der Waals surface area contributed by atoms with E-state index in [1.54, 1.807) is 23.0 Å². The number of aromatic nitrogens is 2. The first kappa shape index (κ1) is 22.0. The molecule has 1 fully saturated rings. The number of carbonyl (C=O) groups is 3. The maximum absolute atomic E-state index is 12.9. The van der Waals surface area contributed by atoms with E-state index in [0.29, 0.717) is 30.5 Å². The number of anilines is 1. The maximum atomic E-state index is 12.9. The Hall–Kier alpha value is -3.26. The number of hydrogen-bond donors (Lipinski definition) is 2. The number of piperidine rings is 1. The molecule has 2 aromatic carbocycles. The summed E-state index contributed by atoms with van der Waals surface area (Å²) < 4.78 is 2.69. The van der Waals surface area contributed by atoms with E-state index in [9.17, 15) is 14.4 Å². The Balaban J connectivity index is 1.52. The molecule has 1 unspecified atom stereocenters. The van der Waals surface area contributed by atoms with Crippen LogP contribution in [0.4, 0.5) is 5.69 Å². The van der Waals surface area contributed by atoms with Gasteiger partial charge in [0.1, 0.15) is 0 Å². The molecule has 0 saturated carbocycles. The second kappa shape index (κ2) is 8.70. The minimum absolute atomic E-state index is 0.234. The predicted molar refractivity (Wildman–Crippen MR) is 125 cm³/mol. The third-order valence-corrected chi connectivity index (χ3v) is 6.62. The van der Waals surface area contributed by atoms with Gasteiger partial charge in [-0.3, -0.25) is 19.7 Å². The van der Waals surface area contributed by atoms with Gasteiger partial charge in [0.05, 0.1) is 28.6 Å². The van der Waals surface area contributed by atoms with Gasteiger partial charge in [0.15, 0.2) is 0 Å². The monoisotopic (exact) mass is 494 g/mol. The van der Waals surface area contributed by atoms with E-state index in [1.807, 2.05) is 50.2 Å². The van der Waals surface area contributed by atoms with Crippen molar-refractivity contribution in [2.45, 2.75) is 38.5 Å². The molecule has 1 saturated heterocycles. The number of benzene rings is 2. The fraction of sp³-hybridized carbons (Fsp3) is 0.250. The third-order valence-electron chi connectivity index (χ3n) is 6.09. The van der Waals surface area contributed by atoms with Crippen molar-refractivity contribution in [3.63, 3.8) is 0 Å². The highest BCUT2D eigenvalue weighted by atomic mass is 79.9. The Bertz CT molecular complexity index is 1180. The number of hydrogen-bond acceptors (Lipinski definition) is 4. The Morgan fingerprint density at radius 2 is 1.84 bits per heavy atom. The zero-order valence-electron chi connectivity index (χ0n) is 17.8. The zero-order chi connectivity index (χ0) is 22.9. The molecule has 1 aromatic heterocycles. The summed E-state index contributed by atoms with van der Waals surface area (Å²) in [6, 6.07) is 14.9. The van der Waals surface area contributed by atoms with E-state index < -0.39 is 5.41 Å². The van der Waals surface area contributed by atoms with Crippen LogP contribution in [0.25, 0.3) is 5.69 Å². The van der Waals surface area contributed by atoms with Crippen LogP contribution in [0.15, 0.2) is 59.2 Å². The third kappa shape index (κ3) is 3.98. The van der Waals surface area contributed by atoms with Gasteiger partial charge < -0.3 is 5.32 Å². The van der Waals surface area contributed by atoms with Gasteiger partial charge in [-0.25, -0.2) is 4.68 Å². The Kier molecular flexibility index (Phi) is 5.97. The van der Waals surface area contributed by atoms with Crippen molar-refractivity contribution in [1.29, 1.82) is 0 Å². The van der Waals surface area contributed by atoms with E-state index in [-0.39, 0.29) is 17.7 Å². The number of rotatable bonds is 5. The number of nitrogens with one attached hydrogen (secondary N) is 2. The van der Waals surface area contributed by atoms with Gasteiger partial charge in [-0.1, -0.05) is 35.0 Å². The van der Waals surface area contributed by atoms with Crippen LogP contribution in [-0.4, -0.2) is 27.5 Å². The van der Waals surface area contributed by atoms with Crippen LogP contribution in [0.2, 0.25) is 0 Å². The largest absolute Gasteiger partial charge is 0.322 e. The molecular weight excluding hydrogens is 472 g/mol. The Morgan fingerprint density at radius 3 is 2.47 bits per heavy atom. The average molecular weight is 495 g/mol. The fourth-order valence-corrected chi connectivity index (χ4v) is 4.38. The van der Waals surface area contributed by atoms with E-state index in [4.69, 9.17) is 0 Å². The summed E-state index contributed by atoms with van der Waals surface area (Å²) in [6.45, 7) is 3.79. The molecule has 2 N–H and O–H groups in total. The maximum Gasteiger partial charge on any atom is 0.259 e. The number of halogens is 1. The predicted octanol–water partition coefficient (Wildman–Crippen LogP) is 4.28. The molecule has 0 spiro atoms. The molecule has 1 atom stereocenters. The number of amides is 3. The lowest BCUT2D eigenvalue weighted by Crippen LogP contribution is -2.51. The van der Waals surface area contributed by atoms with Crippen molar-refractivity contribution >= 4 is 39.3 Å². The fourth-order valence-electron chi connectivity index (χ4n) is 4.11. The molecule has 32 heavy (non-hydrogen) atoms. The molecular formula is C24H23BrN4O3. The topological polar surface area (TPSA) is 93.1 Å². The van der Waals surface area contributed by atoms with Crippen molar-refractivity contribution < 1.29 is 14.4 Å². The highest BCUT2D eigenvalue weighted by Crippen LogP contribution is 2.36. The highest BCUT2D eigenvalue weighted by molar-refractivity contribution is 9.10. The average Bonchev–Trinajstić information content (AvgIpc) is 3.17. The van der Waals surface area contributed by atoms with Gasteiger partial charge in [-0.2, -0.15) is 5.10 Å². The first-order valence-corrected chi connectivity index (χ1v) is 11.2. The molecule has 2 heterocycles. The molecule has 164 valence electrons. The van der Waals surface area contributed by atoms with Gasteiger partial charge >= 0.3 is 0 Å². The molecule has 1 aliphatic rings. The van der Waals surface area contributed by atoms with Crippen LogP contribution in [0.3, 0.4) is 0 Å². The van der Waals surface area contributed by atoms with Crippen molar-refractivity contribution in [1.82, 2.24) is 15.1 Å². The Labute approximate surface area is 194 Å². The summed E-state index contributed by atoms with van der Waals surface area (Å²) in [5.41, 5.74) is 2.81. The smallest absolute Gasteiger partial charge is 0.259 e. The van der Waals surface area contributed by atoms with Crippen LogP contribution >= 0.6 is 15.9 Å². The normalized spacial score (nSPS) is 18.3. The standard InChI is InChI=1S/C24H23BrN4O3/c1-3-24(13-12-21(30)28-23(24)32)16-4-8-18(9-5-16)27-22(31)20-14-26-29(15(20)2)19-10-6-17(25)7-11-19/h4-11,14H,3,12-13H2,1-2H3,(H,27,31)(H,28,30,32). The number of imide groups is 1. The summed E-state index contributed by atoms with van der Waals surface area (Å²) in [6.07, 6.45) is 2.94. The van der Waals surface area contributed by atoms with E-state index in [1.165, 1.54) is 0 Å². The Morgan fingerprint density at radius 1 is 1.16 bits per heavy atom. The van der Waals surface area contributed by atoms with Crippen molar-refractivity contribution in [2.24, 2.45) is 0 Å². The molecule has 0 radical (unpaired) electrons. The molecule has 8 heteroatoms. The minimum atomic E-state index is -0.723. The molecule has 3 amide bonds. The SMILES string of the molecule is CCC1(c2ccc(NC(=O)c3cnn(-c4ccc(Br)cc4)c3C)cc2)CCC(=O)NC1=O. The molecule has 4 rings (SSSR count). The minimum Gasteiger partial charge on any atom is -0.322 e. The zero-order valence-corrected chi connectivity index (χ0v) is 19.4. The van der Waals surface area contributed by atoms with Crippen LogP contribution in [0.1, 0.15) is 47.8 Å². The van der Waals surface area contributed by atoms with Crippen molar-refractivity contribution in [2.75, 3.05) is 5.32 Å². The van der Waals surface area contributed by atoms with Crippen molar-refractivity contribution in [3.05, 3.63) is 76.0 Å². The van der Waals surface area contributed by atoms with Gasteiger partial charge in [0.25, 0.3) is 5.91 Å². The first-order valence-electron chi connectivity index (χ1n) is 10.4. The molecule has 3 aromatic rings. The second-order valence-corrected chi connectivity index (χ2v) is 8.79. The molecule has 1 aliphatic heterocycles. The van der Waals surface area contributed by atoms with Crippen LogP contribution in [-0.2, 0) is 15.0 Å². The van der Waals surface area contributed by atoms with Gasteiger partial charge in [0, 0.05) is 16.6 Å². The van der Waals surface area contributed by atoms with Crippen LogP contribution in [0.5, 0.6) is 0 Å². The molecule has 0 bridgehead atoms. The van der Waals surface area contributed by atoms with Crippen LogP contribution in [0, 0.1) is 6.92 Å². The van der Waals surface area contributed by atoms with Gasteiger partial charge in [-0.15, -0.1) is 0 Å². The summed E-state index contributed by atoms with van der Waals surface area (Å²) in [5, 5.41) is 9.71. The van der Waals surface area contributed by atoms with Crippen LogP contribution < -0.4 is 10.6 Å². The van der Waals surface area contributed by atoms with E-state index in [0.717, 1.165) is 21.4 Å². The van der Waals surface area contributed by atoms with Gasteiger partial charge in [0.2, 0.25) is 11.8 Å². The number of nitrogens with zero attached hydrogens (tertiary/aromatic N) is 2. The van der Waals surface area contributed by atoms with E-state index in [2.05, 4.69) is 31.7 Å². The highest BCUT2D eigenvalue weighted by Gasteiger charge is 2.42. The summed E-state index contributed by atoms with van der Waals surface area (Å²) in [5.74, 6) is -0.754. The lowest BCUT2D eigenvalue weighted by Gasteiger charge is -2.35. The lowest BCUT2D eigenvalue weighted by molar-refractivity contribution is -0.138. The second-order valence-electron chi connectivity index (χ2n) is 7.88. The number of carbonyl (C=O) groups excluding carboxylic acids is 3. The summed E-state index contributed by atoms with van der Waals surface area (Å²) in [4.78, 5) is 37.0. The lowest BCUT2D eigenvalue weighted by atomic mass is 9.72. The van der Waals surface area contributed by atoms with E-state index >= 15 is 0 Å².